The molecule has 0 aliphatic carbocycles. The number of carbonyl (C=O) groups excluding carboxylic acids is 1. The maximum atomic E-state index is 13.7. The lowest BCUT2D eigenvalue weighted by Crippen LogP contribution is -2.39. The summed E-state index contributed by atoms with van der Waals surface area (Å²) >= 11 is 0. The van der Waals surface area contributed by atoms with Gasteiger partial charge in [0.2, 0.25) is 0 Å². The normalized spacial score (nSPS) is 10.9. The summed E-state index contributed by atoms with van der Waals surface area (Å²) in [5.74, 6) is -0.520. The van der Waals surface area contributed by atoms with Crippen molar-refractivity contribution in [3.05, 3.63) is 93.3 Å². The van der Waals surface area contributed by atoms with Gasteiger partial charge in [-0.25, -0.2) is 9.48 Å². The molecule has 0 aliphatic rings. The first kappa shape index (κ1) is 22.8. The number of nitrogens with zero attached hydrogens (tertiary/aromatic N) is 4. The Balaban J connectivity index is 1.82. The second kappa shape index (κ2) is 9.62. The molecule has 4 aromatic rings. The van der Waals surface area contributed by atoms with E-state index in [9.17, 15) is 14.4 Å². The van der Waals surface area contributed by atoms with Crippen molar-refractivity contribution < 1.29 is 4.79 Å². The summed E-state index contributed by atoms with van der Waals surface area (Å²) < 4.78 is 2.91. The van der Waals surface area contributed by atoms with Gasteiger partial charge in [0.25, 0.3) is 11.5 Å². The number of aromatic amines is 1. The third-order valence-electron chi connectivity index (χ3n) is 5.60. The van der Waals surface area contributed by atoms with Crippen LogP contribution in [0.3, 0.4) is 0 Å². The van der Waals surface area contributed by atoms with E-state index in [0.717, 1.165) is 17.7 Å². The first-order valence-electron chi connectivity index (χ1n) is 11.0. The highest BCUT2D eigenvalue weighted by Crippen LogP contribution is 2.26. The molecule has 0 aliphatic heterocycles. The van der Waals surface area contributed by atoms with Gasteiger partial charge in [0.15, 0.2) is 5.69 Å². The van der Waals surface area contributed by atoms with Crippen LogP contribution < -0.4 is 21.9 Å². The van der Waals surface area contributed by atoms with E-state index < -0.39 is 17.2 Å². The average molecular weight is 459 g/mol. The highest BCUT2D eigenvalue weighted by Gasteiger charge is 2.26. The van der Waals surface area contributed by atoms with E-state index in [1.54, 1.807) is 10.9 Å². The van der Waals surface area contributed by atoms with Crippen molar-refractivity contribution in [2.24, 2.45) is 0 Å². The van der Waals surface area contributed by atoms with Crippen molar-refractivity contribution in [3.8, 4) is 16.9 Å². The number of benzene rings is 2. The first-order chi connectivity index (χ1) is 16.4. The fourth-order valence-corrected chi connectivity index (χ4v) is 3.77. The predicted octanol–water partition coefficient (Wildman–Crippen LogP) is 3.05. The van der Waals surface area contributed by atoms with Crippen LogP contribution in [0.1, 0.15) is 30.1 Å². The van der Waals surface area contributed by atoms with Gasteiger partial charge in [-0.3, -0.25) is 19.1 Å². The van der Waals surface area contributed by atoms with E-state index >= 15 is 0 Å². The Hall–Kier alpha value is -4.40. The number of nitrogen functional groups attached to an aromatic ring is 1. The standard InChI is InChI=1S/C25H26N6O3/c1-3-4-15-30-22(26)21(23(32)27-25(30)34)29(2)24(33)19-16-31(18-13-9-6-10-14-18)28-20(19)17-11-7-5-8-12-17/h5-14,16H,3-4,15,26H2,1-2H3,(H,27,32,34). The molecule has 0 bridgehead atoms. The molecule has 0 radical (unpaired) electrons. The zero-order chi connectivity index (χ0) is 24.2. The number of H-pyrrole nitrogens is 1. The fourth-order valence-electron chi connectivity index (χ4n) is 3.77. The first-order valence-corrected chi connectivity index (χ1v) is 11.0. The van der Waals surface area contributed by atoms with Gasteiger partial charge < -0.3 is 10.6 Å². The van der Waals surface area contributed by atoms with Gasteiger partial charge in [0, 0.05) is 25.4 Å². The molecule has 2 aromatic heterocycles. The Morgan fingerprint density at radius 1 is 1.06 bits per heavy atom. The van der Waals surface area contributed by atoms with Crippen LogP contribution in [0.15, 0.2) is 76.4 Å². The Labute approximate surface area is 196 Å². The molecule has 34 heavy (non-hydrogen) atoms. The summed E-state index contributed by atoms with van der Waals surface area (Å²) in [5, 5.41) is 4.66. The molecule has 2 heterocycles. The van der Waals surface area contributed by atoms with Gasteiger partial charge in [0.05, 0.1) is 11.3 Å². The second-order valence-electron chi connectivity index (χ2n) is 7.90. The molecule has 1 amide bonds. The maximum absolute atomic E-state index is 13.7. The molecule has 3 N–H and O–H groups in total. The number of carbonyl (C=O) groups is 1. The number of nitrogens with one attached hydrogen (secondary N) is 1. The minimum atomic E-state index is -0.720. The van der Waals surface area contributed by atoms with Crippen LogP contribution in [-0.4, -0.2) is 32.3 Å². The Morgan fingerprint density at radius 2 is 1.71 bits per heavy atom. The second-order valence-corrected chi connectivity index (χ2v) is 7.90. The zero-order valence-electron chi connectivity index (χ0n) is 19.1. The summed E-state index contributed by atoms with van der Waals surface area (Å²) in [5.41, 5.74) is 7.12. The zero-order valence-corrected chi connectivity index (χ0v) is 19.1. The molecule has 0 saturated heterocycles. The lowest BCUT2D eigenvalue weighted by Gasteiger charge is -2.20. The van der Waals surface area contributed by atoms with Crippen LogP contribution in [0.25, 0.3) is 16.9 Å². The SMILES string of the molecule is CCCCn1c(N)c(N(C)C(=O)c2cn(-c3ccccc3)nc2-c2ccccc2)c(=O)[nH]c1=O. The topological polar surface area (TPSA) is 119 Å². The Morgan fingerprint density at radius 3 is 2.35 bits per heavy atom. The van der Waals surface area contributed by atoms with Crippen LogP contribution in [0.4, 0.5) is 11.5 Å². The number of hydrogen-bond donors (Lipinski definition) is 2. The van der Waals surface area contributed by atoms with E-state index in [4.69, 9.17) is 5.73 Å². The molecule has 0 spiro atoms. The lowest BCUT2D eigenvalue weighted by molar-refractivity contribution is 0.0993. The minimum Gasteiger partial charge on any atom is -0.383 e. The van der Waals surface area contributed by atoms with E-state index in [1.165, 1.54) is 16.5 Å². The summed E-state index contributed by atoms with van der Waals surface area (Å²) in [6.07, 6.45) is 3.18. The summed E-state index contributed by atoms with van der Waals surface area (Å²) in [7, 11) is 1.46. The van der Waals surface area contributed by atoms with Gasteiger partial charge >= 0.3 is 5.69 Å². The maximum Gasteiger partial charge on any atom is 0.330 e. The fraction of sp³-hybridized carbons (Fsp3) is 0.200. The number of amides is 1. The van der Waals surface area contributed by atoms with Crippen LogP contribution >= 0.6 is 0 Å². The Kier molecular flexibility index (Phi) is 6.44. The quantitative estimate of drug-likeness (QED) is 0.441. The van der Waals surface area contributed by atoms with Crippen molar-refractivity contribution in [3.63, 3.8) is 0 Å². The number of aromatic nitrogens is 4. The van der Waals surface area contributed by atoms with E-state index in [0.29, 0.717) is 24.2 Å². The van der Waals surface area contributed by atoms with Gasteiger partial charge in [-0.2, -0.15) is 5.10 Å². The Bertz CT molecular complexity index is 1420. The molecular weight excluding hydrogens is 432 g/mol. The van der Waals surface area contributed by atoms with Crippen molar-refractivity contribution >= 4 is 17.4 Å². The van der Waals surface area contributed by atoms with Crippen LogP contribution in [0.5, 0.6) is 0 Å². The molecule has 9 heteroatoms. The largest absolute Gasteiger partial charge is 0.383 e. The highest BCUT2D eigenvalue weighted by molar-refractivity contribution is 6.10. The van der Waals surface area contributed by atoms with E-state index in [1.807, 2.05) is 67.6 Å². The van der Waals surface area contributed by atoms with Crippen LogP contribution in [-0.2, 0) is 6.54 Å². The summed E-state index contributed by atoms with van der Waals surface area (Å²) in [6.45, 7) is 2.33. The number of hydrogen-bond acceptors (Lipinski definition) is 5. The number of nitrogens with two attached hydrogens (primary N) is 1. The number of rotatable bonds is 7. The van der Waals surface area contributed by atoms with E-state index in [2.05, 4.69) is 10.1 Å². The van der Waals surface area contributed by atoms with Gasteiger partial charge in [0.1, 0.15) is 11.5 Å². The third kappa shape index (κ3) is 4.27. The molecule has 0 atom stereocenters. The predicted molar refractivity (Wildman–Crippen MR) is 132 cm³/mol. The van der Waals surface area contributed by atoms with Crippen molar-refractivity contribution in [2.75, 3.05) is 17.7 Å². The molecule has 4 rings (SSSR count). The van der Waals surface area contributed by atoms with Crippen molar-refractivity contribution in [2.45, 2.75) is 26.3 Å². The molecule has 0 unspecified atom stereocenters. The monoisotopic (exact) mass is 458 g/mol. The molecule has 9 nitrogen and oxygen atoms in total. The molecule has 174 valence electrons. The lowest BCUT2D eigenvalue weighted by atomic mass is 10.1. The van der Waals surface area contributed by atoms with Crippen molar-refractivity contribution in [1.29, 1.82) is 0 Å². The highest BCUT2D eigenvalue weighted by atomic mass is 16.2. The summed E-state index contributed by atoms with van der Waals surface area (Å²) in [4.78, 5) is 42.1. The molecular formula is C25H26N6O3. The van der Waals surface area contributed by atoms with Crippen molar-refractivity contribution in [1.82, 2.24) is 19.3 Å². The number of unbranched alkanes of at least 4 members (excludes halogenated alkanes) is 1. The summed E-state index contributed by atoms with van der Waals surface area (Å²) in [6, 6.07) is 18.7. The average Bonchev–Trinajstić information content (AvgIpc) is 3.30. The van der Waals surface area contributed by atoms with E-state index in [-0.39, 0.29) is 11.5 Å². The number of para-hydroxylation sites is 1. The minimum absolute atomic E-state index is 0.0465. The van der Waals surface area contributed by atoms with Gasteiger partial charge in [-0.15, -0.1) is 0 Å². The molecule has 0 saturated carbocycles. The van der Waals surface area contributed by atoms with Crippen LogP contribution in [0.2, 0.25) is 0 Å². The van der Waals surface area contributed by atoms with Gasteiger partial charge in [-0.05, 0) is 18.6 Å². The number of anilines is 2. The molecule has 0 fully saturated rings. The smallest absolute Gasteiger partial charge is 0.330 e. The van der Waals surface area contributed by atoms with Gasteiger partial charge in [-0.1, -0.05) is 61.9 Å². The van der Waals surface area contributed by atoms with Crippen LogP contribution in [0, 0.1) is 0 Å². The molecule has 2 aromatic carbocycles. The third-order valence-corrected chi connectivity index (χ3v) is 5.60.